The largest absolute Gasteiger partial charge is 0.478 e. The summed E-state index contributed by atoms with van der Waals surface area (Å²) in [6.07, 6.45) is 0. The molecule has 0 spiro atoms. The van der Waals surface area contributed by atoms with Crippen LogP contribution in [0.5, 0.6) is 0 Å². The van der Waals surface area contributed by atoms with Crippen molar-refractivity contribution in [1.82, 2.24) is 0 Å². The monoisotopic (exact) mass is 245 g/mol. The van der Waals surface area contributed by atoms with Crippen molar-refractivity contribution in [3.05, 3.63) is 48.0 Å². The quantitative estimate of drug-likeness (QED) is 0.563. The van der Waals surface area contributed by atoms with Crippen LogP contribution in [0.15, 0.2) is 47.4 Å². The highest BCUT2D eigenvalue weighted by Crippen LogP contribution is 2.26. The Labute approximate surface area is 104 Å². The molecule has 0 aromatic heterocycles. The third kappa shape index (κ3) is 2.42. The number of anilines is 1. The molecule has 86 valence electrons. The van der Waals surface area contributed by atoms with E-state index in [1.165, 1.54) is 0 Å². The van der Waals surface area contributed by atoms with Crippen molar-refractivity contribution in [1.29, 1.82) is 0 Å². The minimum Gasteiger partial charge on any atom is -0.478 e. The zero-order valence-corrected chi connectivity index (χ0v) is 9.82. The Balaban J connectivity index is 2.39. The fourth-order valence-electron chi connectivity index (χ4n) is 1.53. The van der Waals surface area contributed by atoms with Gasteiger partial charge in [-0.3, -0.25) is 0 Å². The van der Waals surface area contributed by atoms with Crippen LogP contribution in [0.3, 0.4) is 0 Å². The summed E-state index contributed by atoms with van der Waals surface area (Å²) in [5.41, 5.74) is 8.47. The zero-order valence-electron chi connectivity index (χ0n) is 8.92. The van der Waals surface area contributed by atoms with E-state index in [4.69, 9.17) is 10.8 Å². The number of carboxylic acid groups (broad SMARTS) is 1. The first-order valence-electron chi connectivity index (χ1n) is 5.00. The predicted molar refractivity (Wildman–Crippen MR) is 70.5 cm³/mol. The number of aromatic carboxylic acids is 1. The van der Waals surface area contributed by atoms with E-state index < -0.39 is 5.97 Å². The lowest BCUT2D eigenvalue weighted by atomic mass is 10.0. The van der Waals surface area contributed by atoms with Crippen LogP contribution in [0.1, 0.15) is 10.4 Å². The van der Waals surface area contributed by atoms with Gasteiger partial charge in [0.15, 0.2) is 0 Å². The molecule has 0 saturated carbocycles. The first-order valence-corrected chi connectivity index (χ1v) is 5.45. The van der Waals surface area contributed by atoms with Gasteiger partial charge in [0.05, 0.1) is 5.56 Å². The van der Waals surface area contributed by atoms with Gasteiger partial charge in [0.1, 0.15) is 0 Å². The van der Waals surface area contributed by atoms with Gasteiger partial charge in [-0.2, -0.15) is 0 Å². The number of thiol groups is 1. The van der Waals surface area contributed by atoms with Crippen LogP contribution < -0.4 is 5.73 Å². The van der Waals surface area contributed by atoms with Crippen LogP contribution in [0, 0.1) is 0 Å². The maximum atomic E-state index is 10.7. The normalized spacial score (nSPS) is 10.2. The minimum absolute atomic E-state index is 0.273. The number of hydrogen-bond acceptors (Lipinski definition) is 3. The summed E-state index contributed by atoms with van der Waals surface area (Å²) in [5, 5.41) is 8.80. The van der Waals surface area contributed by atoms with Gasteiger partial charge in [-0.05, 0) is 35.4 Å². The van der Waals surface area contributed by atoms with Crippen molar-refractivity contribution in [2.45, 2.75) is 4.90 Å². The highest BCUT2D eigenvalue weighted by atomic mass is 32.1. The second-order valence-corrected chi connectivity index (χ2v) is 4.14. The van der Waals surface area contributed by atoms with Gasteiger partial charge in [-0.25, -0.2) is 4.79 Å². The Morgan fingerprint density at radius 2 is 1.65 bits per heavy atom. The van der Waals surface area contributed by atoms with E-state index in [0.29, 0.717) is 10.6 Å². The number of rotatable bonds is 2. The Kier molecular flexibility index (Phi) is 3.06. The molecule has 0 saturated heterocycles. The summed E-state index contributed by atoms with van der Waals surface area (Å²) >= 11 is 4.25. The second-order valence-electron chi connectivity index (χ2n) is 3.66. The maximum Gasteiger partial charge on any atom is 0.335 e. The van der Waals surface area contributed by atoms with Gasteiger partial charge in [-0.1, -0.05) is 18.2 Å². The summed E-state index contributed by atoms with van der Waals surface area (Å²) < 4.78 is 0. The van der Waals surface area contributed by atoms with E-state index in [-0.39, 0.29) is 5.56 Å². The molecule has 0 unspecified atom stereocenters. The van der Waals surface area contributed by atoms with Gasteiger partial charge in [0.25, 0.3) is 0 Å². The lowest BCUT2D eigenvalue weighted by Crippen LogP contribution is -1.95. The van der Waals surface area contributed by atoms with Crippen LogP contribution in [0.25, 0.3) is 11.1 Å². The number of carbonyl (C=O) groups is 1. The number of benzene rings is 2. The molecule has 3 N–H and O–H groups in total. The molecule has 0 fully saturated rings. The number of nitrogen functional groups attached to an aromatic ring is 1. The van der Waals surface area contributed by atoms with Crippen LogP contribution in [0.4, 0.5) is 5.69 Å². The molecule has 0 aliphatic heterocycles. The molecule has 0 aliphatic carbocycles. The fourth-order valence-corrected chi connectivity index (χ4v) is 1.74. The van der Waals surface area contributed by atoms with Crippen LogP contribution in [-0.4, -0.2) is 11.1 Å². The molecule has 0 aliphatic rings. The van der Waals surface area contributed by atoms with E-state index in [2.05, 4.69) is 12.6 Å². The molecule has 0 atom stereocenters. The van der Waals surface area contributed by atoms with Gasteiger partial charge in [0.2, 0.25) is 0 Å². The van der Waals surface area contributed by atoms with Crippen molar-refractivity contribution in [3.63, 3.8) is 0 Å². The SMILES string of the molecule is Nc1ccc(-c2ccc(C(=O)O)cc2)cc1S. The van der Waals surface area contributed by atoms with Crippen LogP contribution in [-0.2, 0) is 0 Å². The summed E-state index contributed by atoms with van der Waals surface area (Å²) in [5.74, 6) is -0.927. The molecule has 2 rings (SSSR count). The third-order valence-electron chi connectivity index (χ3n) is 2.50. The average molecular weight is 245 g/mol. The molecule has 2 aromatic carbocycles. The molecule has 0 amide bonds. The number of hydrogen-bond donors (Lipinski definition) is 3. The Bertz CT molecular complexity index is 564. The van der Waals surface area contributed by atoms with Crippen LogP contribution in [0.2, 0.25) is 0 Å². The Hall–Kier alpha value is -1.94. The molecular weight excluding hydrogens is 234 g/mol. The fraction of sp³-hybridized carbons (Fsp3) is 0. The van der Waals surface area contributed by atoms with E-state index in [0.717, 1.165) is 11.1 Å². The standard InChI is InChI=1S/C13H11NO2S/c14-11-6-5-10(7-12(11)17)8-1-3-9(4-2-8)13(15)16/h1-7,17H,14H2,(H,15,16). The van der Waals surface area contributed by atoms with Crippen molar-refractivity contribution < 1.29 is 9.90 Å². The Morgan fingerprint density at radius 1 is 1.06 bits per heavy atom. The minimum atomic E-state index is -0.927. The smallest absolute Gasteiger partial charge is 0.335 e. The maximum absolute atomic E-state index is 10.7. The molecule has 0 heterocycles. The van der Waals surface area contributed by atoms with Gasteiger partial charge in [-0.15, -0.1) is 12.6 Å². The predicted octanol–water partition coefficient (Wildman–Crippen LogP) is 2.92. The molecular formula is C13H11NO2S. The van der Waals surface area contributed by atoms with Crippen molar-refractivity contribution in [3.8, 4) is 11.1 Å². The highest BCUT2D eigenvalue weighted by molar-refractivity contribution is 7.80. The summed E-state index contributed by atoms with van der Waals surface area (Å²) in [6, 6.07) is 12.2. The summed E-state index contributed by atoms with van der Waals surface area (Å²) in [7, 11) is 0. The Morgan fingerprint density at radius 3 is 2.18 bits per heavy atom. The zero-order chi connectivity index (χ0) is 12.4. The van der Waals surface area contributed by atoms with Gasteiger partial charge >= 0.3 is 5.97 Å². The van der Waals surface area contributed by atoms with E-state index in [1.807, 2.05) is 12.1 Å². The number of nitrogens with two attached hydrogens (primary N) is 1. The van der Waals surface area contributed by atoms with Gasteiger partial charge < -0.3 is 10.8 Å². The van der Waals surface area contributed by atoms with Crippen molar-refractivity contribution in [2.24, 2.45) is 0 Å². The molecule has 17 heavy (non-hydrogen) atoms. The molecule has 0 bridgehead atoms. The lowest BCUT2D eigenvalue weighted by molar-refractivity contribution is 0.0697. The van der Waals surface area contributed by atoms with Crippen molar-refractivity contribution >= 4 is 24.3 Å². The molecule has 2 aromatic rings. The molecule has 3 nitrogen and oxygen atoms in total. The van der Waals surface area contributed by atoms with E-state index >= 15 is 0 Å². The third-order valence-corrected chi connectivity index (χ3v) is 2.88. The molecule has 0 radical (unpaired) electrons. The number of carboxylic acids is 1. The first kappa shape index (κ1) is 11.5. The summed E-state index contributed by atoms with van der Waals surface area (Å²) in [4.78, 5) is 11.4. The van der Waals surface area contributed by atoms with Crippen LogP contribution >= 0.6 is 12.6 Å². The van der Waals surface area contributed by atoms with Crippen molar-refractivity contribution in [2.75, 3.05) is 5.73 Å². The van der Waals surface area contributed by atoms with Gasteiger partial charge in [0, 0.05) is 10.6 Å². The second kappa shape index (κ2) is 4.51. The summed E-state index contributed by atoms with van der Waals surface area (Å²) in [6.45, 7) is 0. The lowest BCUT2D eigenvalue weighted by Gasteiger charge is -2.05. The molecule has 4 heteroatoms. The average Bonchev–Trinajstić information content (AvgIpc) is 2.33. The highest BCUT2D eigenvalue weighted by Gasteiger charge is 2.04. The van der Waals surface area contributed by atoms with E-state index in [9.17, 15) is 4.79 Å². The first-order chi connectivity index (χ1) is 8.08. The van der Waals surface area contributed by atoms with E-state index in [1.54, 1.807) is 30.3 Å². The topological polar surface area (TPSA) is 63.3 Å².